The Labute approximate surface area is 124 Å². The maximum atomic E-state index is 11.7. The van der Waals surface area contributed by atoms with Gasteiger partial charge in [0.1, 0.15) is 11.4 Å². The molecule has 1 aromatic carbocycles. The van der Waals surface area contributed by atoms with Gasteiger partial charge in [-0.25, -0.2) is 4.79 Å². The van der Waals surface area contributed by atoms with Crippen molar-refractivity contribution in [1.29, 1.82) is 0 Å². The number of nitrogens with zero attached hydrogens (tertiary/aromatic N) is 2. The fourth-order valence-corrected chi connectivity index (χ4v) is 1.73. The highest BCUT2D eigenvalue weighted by molar-refractivity contribution is 5.98. The molecular weight excluding hydrogens is 270 g/mol. The van der Waals surface area contributed by atoms with Crippen molar-refractivity contribution in [2.24, 2.45) is 5.10 Å². The number of carbonyl (C=O) groups is 1. The Hall–Kier alpha value is -2.24. The molecule has 1 N–H and O–H groups in total. The SMILES string of the molecule is COc1ccc(NN=C2CN(C(=O)OC(C)(C)C)C2)cc1. The van der Waals surface area contributed by atoms with Crippen molar-refractivity contribution in [3.63, 3.8) is 0 Å². The van der Waals surface area contributed by atoms with Crippen LogP contribution >= 0.6 is 0 Å². The zero-order valence-electron chi connectivity index (χ0n) is 12.8. The quantitative estimate of drug-likeness (QED) is 0.870. The molecule has 0 radical (unpaired) electrons. The van der Waals surface area contributed by atoms with Crippen LogP contribution in [-0.2, 0) is 4.74 Å². The second kappa shape index (κ2) is 6.03. The van der Waals surface area contributed by atoms with Crippen molar-refractivity contribution in [3.8, 4) is 5.75 Å². The third-order valence-corrected chi connectivity index (χ3v) is 2.83. The lowest BCUT2D eigenvalue weighted by Gasteiger charge is -2.34. The number of amides is 1. The molecule has 1 amide bonds. The molecule has 6 nitrogen and oxygen atoms in total. The molecule has 2 rings (SSSR count). The van der Waals surface area contributed by atoms with Gasteiger partial charge >= 0.3 is 6.09 Å². The molecule has 1 aromatic rings. The second-order valence-electron chi connectivity index (χ2n) is 5.85. The monoisotopic (exact) mass is 291 g/mol. The summed E-state index contributed by atoms with van der Waals surface area (Å²) in [5.74, 6) is 0.799. The van der Waals surface area contributed by atoms with E-state index >= 15 is 0 Å². The third kappa shape index (κ3) is 4.37. The summed E-state index contributed by atoms with van der Waals surface area (Å²) in [6.07, 6.45) is -0.300. The molecule has 1 aliphatic heterocycles. The van der Waals surface area contributed by atoms with Gasteiger partial charge in [-0.2, -0.15) is 5.10 Å². The van der Waals surface area contributed by atoms with Crippen molar-refractivity contribution in [2.75, 3.05) is 25.6 Å². The zero-order valence-corrected chi connectivity index (χ0v) is 12.8. The Morgan fingerprint density at radius 1 is 1.24 bits per heavy atom. The highest BCUT2D eigenvalue weighted by Crippen LogP contribution is 2.16. The lowest BCUT2D eigenvalue weighted by molar-refractivity contribution is 0.0265. The lowest BCUT2D eigenvalue weighted by atomic mass is 10.2. The van der Waals surface area contributed by atoms with Gasteiger partial charge in [-0.1, -0.05) is 0 Å². The highest BCUT2D eigenvalue weighted by atomic mass is 16.6. The first-order valence-corrected chi connectivity index (χ1v) is 6.81. The van der Waals surface area contributed by atoms with E-state index in [1.165, 1.54) is 0 Å². The Balaban J connectivity index is 1.79. The topological polar surface area (TPSA) is 63.2 Å². The van der Waals surface area contributed by atoms with Gasteiger partial charge in [0.25, 0.3) is 0 Å². The molecule has 21 heavy (non-hydrogen) atoms. The van der Waals surface area contributed by atoms with Crippen molar-refractivity contribution in [1.82, 2.24) is 4.90 Å². The number of likely N-dealkylation sites (tertiary alicyclic amines) is 1. The van der Waals surface area contributed by atoms with Gasteiger partial charge in [-0.3, -0.25) is 10.3 Å². The number of hydrazone groups is 1. The molecule has 0 bridgehead atoms. The minimum Gasteiger partial charge on any atom is -0.497 e. The second-order valence-corrected chi connectivity index (χ2v) is 5.85. The maximum absolute atomic E-state index is 11.7. The number of benzene rings is 1. The number of anilines is 1. The van der Waals surface area contributed by atoms with E-state index in [2.05, 4.69) is 10.5 Å². The molecule has 0 atom stereocenters. The van der Waals surface area contributed by atoms with Gasteiger partial charge in [0.2, 0.25) is 0 Å². The molecule has 0 aromatic heterocycles. The number of methoxy groups -OCH3 is 1. The summed E-state index contributed by atoms with van der Waals surface area (Å²) >= 11 is 0. The number of rotatable bonds is 3. The summed E-state index contributed by atoms with van der Waals surface area (Å²) < 4.78 is 10.4. The molecule has 6 heteroatoms. The fraction of sp³-hybridized carbons (Fsp3) is 0.467. The lowest BCUT2D eigenvalue weighted by Crippen LogP contribution is -2.52. The summed E-state index contributed by atoms with van der Waals surface area (Å²) in [7, 11) is 1.63. The number of hydrogen-bond acceptors (Lipinski definition) is 5. The molecule has 0 saturated carbocycles. The molecule has 1 aliphatic rings. The largest absolute Gasteiger partial charge is 0.497 e. The predicted molar refractivity (Wildman–Crippen MR) is 81.9 cm³/mol. The molecule has 1 saturated heterocycles. The first kappa shape index (κ1) is 15.2. The Kier molecular flexibility index (Phi) is 4.35. The molecule has 0 spiro atoms. The van der Waals surface area contributed by atoms with E-state index in [-0.39, 0.29) is 6.09 Å². The third-order valence-electron chi connectivity index (χ3n) is 2.83. The van der Waals surface area contributed by atoms with E-state index < -0.39 is 5.60 Å². The minimum absolute atomic E-state index is 0.300. The van der Waals surface area contributed by atoms with E-state index in [1.807, 2.05) is 45.0 Å². The molecule has 114 valence electrons. The van der Waals surface area contributed by atoms with E-state index in [0.717, 1.165) is 17.1 Å². The summed E-state index contributed by atoms with van der Waals surface area (Å²) in [5, 5.41) is 4.26. The Bertz CT molecular complexity index is 524. The average Bonchev–Trinajstić information content (AvgIpc) is 2.35. The average molecular weight is 291 g/mol. The van der Waals surface area contributed by atoms with E-state index in [0.29, 0.717) is 13.1 Å². The van der Waals surface area contributed by atoms with Crippen LogP contribution in [-0.4, -0.2) is 42.5 Å². The summed E-state index contributed by atoms with van der Waals surface area (Å²) in [6.45, 7) is 6.55. The van der Waals surface area contributed by atoms with Gasteiger partial charge in [0, 0.05) is 0 Å². The van der Waals surface area contributed by atoms with Gasteiger partial charge in [0.05, 0.1) is 31.6 Å². The van der Waals surface area contributed by atoms with Crippen LogP contribution in [0, 0.1) is 0 Å². The zero-order chi connectivity index (χ0) is 15.5. The summed E-state index contributed by atoms with van der Waals surface area (Å²) in [5.41, 5.74) is 4.28. The number of nitrogens with one attached hydrogen (secondary N) is 1. The van der Waals surface area contributed by atoms with Gasteiger partial charge in [0.15, 0.2) is 0 Å². The maximum Gasteiger partial charge on any atom is 0.410 e. The summed E-state index contributed by atoms with van der Waals surface area (Å²) in [4.78, 5) is 13.4. The van der Waals surface area contributed by atoms with Gasteiger partial charge < -0.3 is 9.47 Å². The fourth-order valence-electron chi connectivity index (χ4n) is 1.73. The Morgan fingerprint density at radius 2 is 1.86 bits per heavy atom. The van der Waals surface area contributed by atoms with Crippen LogP contribution in [0.4, 0.5) is 10.5 Å². The molecule has 1 fully saturated rings. The van der Waals surface area contributed by atoms with E-state index in [9.17, 15) is 4.79 Å². The normalized spacial score (nSPS) is 14.3. The summed E-state index contributed by atoms with van der Waals surface area (Å²) in [6, 6.07) is 7.48. The van der Waals surface area contributed by atoms with E-state index in [1.54, 1.807) is 12.0 Å². The van der Waals surface area contributed by atoms with Crippen molar-refractivity contribution >= 4 is 17.5 Å². The predicted octanol–water partition coefficient (Wildman–Crippen LogP) is 2.71. The highest BCUT2D eigenvalue weighted by Gasteiger charge is 2.30. The first-order chi connectivity index (χ1) is 9.87. The van der Waals surface area contributed by atoms with Crippen LogP contribution in [0.25, 0.3) is 0 Å². The van der Waals surface area contributed by atoms with Crippen LogP contribution in [0.2, 0.25) is 0 Å². The van der Waals surface area contributed by atoms with Crippen LogP contribution in [0.3, 0.4) is 0 Å². The first-order valence-electron chi connectivity index (χ1n) is 6.81. The van der Waals surface area contributed by atoms with Crippen molar-refractivity contribution in [3.05, 3.63) is 24.3 Å². The van der Waals surface area contributed by atoms with Crippen LogP contribution < -0.4 is 10.2 Å². The van der Waals surface area contributed by atoms with E-state index in [4.69, 9.17) is 9.47 Å². The smallest absolute Gasteiger partial charge is 0.410 e. The van der Waals surface area contributed by atoms with Crippen LogP contribution in [0.5, 0.6) is 5.75 Å². The minimum atomic E-state index is -0.467. The van der Waals surface area contributed by atoms with Gasteiger partial charge in [-0.15, -0.1) is 0 Å². The Morgan fingerprint density at radius 3 is 2.38 bits per heavy atom. The number of carbonyl (C=O) groups excluding carboxylic acids is 1. The standard InChI is InChI=1S/C15H21N3O3/c1-15(2,3)21-14(19)18-9-12(10-18)17-16-11-5-7-13(20-4)8-6-11/h5-8,16H,9-10H2,1-4H3. The molecular formula is C15H21N3O3. The van der Waals surface area contributed by atoms with Crippen molar-refractivity contribution < 1.29 is 14.3 Å². The molecule has 1 heterocycles. The number of hydrogen-bond donors (Lipinski definition) is 1. The van der Waals surface area contributed by atoms with Crippen LogP contribution in [0.15, 0.2) is 29.4 Å². The molecule has 0 aliphatic carbocycles. The number of ether oxygens (including phenoxy) is 2. The molecule has 0 unspecified atom stereocenters. The van der Waals surface area contributed by atoms with Crippen molar-refractivity contribution in [2.45, 2.75) is 26.4 Å². The van der Waals surface area contributed by atoms with Crippen LogP contribution in [0.1, 0.15) is 20.8 Å². The van der Waals surface area contributed by atoms with Gasteiger partial charge in [-0.05, 0) is 45.0 Å².